The third-order valence-corrected chi connectivity index (χ3v) is 5.63. The van der Waals surface area contributed by atoms with Crippen molar-refractivity contribution in [3.8, 4) is 11.5 Å². The summed E-state index contributed by atoms with van der Waals surface area (Å²) in [5.74, 6) is 1.29. The fraction of sp³-hybridized carbons (Fsp3) is 0.182. The molecule has 166 valence electrons. The maximum atomic E-state index is 13.0. The van der Waals surface area contributed by atoms with E-state index in [2.05, 4.69) is 14.8 Å². The van der Waals surface area contributed by atoms with E-state index in [0.29, 0.717) is 39.9 Å². The van der Waals surface area contributed by atoms with Gasteiger partial charge in [0, 0.05) is 23.0 Å². The molecule has 2 aromatic heterocycles. The van der Waals surface area contributed by atoms with Gasteiger partial charge in [0.05, 0.1) is 18.3 Å². The molecule has 0 aliphatic heterocycles. The van der Waals surface area contributed by atoms with Gasteiger partial charge in [-0.1, -0.05) is 53.7 Å². The van der Waals surface area contributed by atoms with Gasteiger partial charge in [-0.05, 0) is 23.8 Å². The number of methoxy groups -OCH3 is 1. The predicted octanol–water partition coefficient (Wildman–Crippen LogP) is 5.62. The zero-order chi connectivity index (χ0) is 22.5. The highest BCUT2D eigenvalue weighted by Crippen LogP contribution is 2.35. The summed E-state index contributed by atoms with van der Waals surface area (Å²) in [6.07, 6.45) is 1.60. The van der Waals surface area contributed by atoms with Crippen LogP contribution in [0.3, 0.4) is 0 Å². The Morgan fingerprint density at radius 3 is 2.69 bits per heavy atom. The van der Waals surface area contributed by atoms with Gasteiger partial charge in [-0.3, -0.25) is 4.98 Å². The van der Waals surface area contributed by atoms with Crippen molar-refractivity contribution >= 4 is 34.4 Å². The lowest BCUT2D eigenvalue weighted by Crippen LogP contribution is -2.17. The van der Waals surface area contributed by atoms with E-state index in [0.717, 1.165) is 10.3 Å². The van der Waals surface area contributed by atoms with Gasteiger partial charge in [0.25, 0.3) is 0 Å². The topological polar surface area (TPSA) is 58.4 Å². The SMILES string of the molecule is COc1ccnc(CSc2nc3cc(Cl)ccc3n2OC(F)F)c1OCc1ccccc1. The summed E-state index contributed by atoms with van der Waals surface area (Å²) in [5.41, 5.74) is 2.40. The third-order valence-electron chi connectivity index (χ3n) is 4.46. The number of halogens is 3. The summed E-state index contributed by atoms with van der Waals surface area (Å²) in [5, 5.41) is 0.683. The molecule has 0 aliphatic rings. The van der Waals surface area contributed by atoms with Gasteiger partial charge in [-0.15, -0.1) is 0 Å². The third kappa shape index (κ3) is 5.05. The molecular weight excluding hydrogens is 460 g/mol. The van der Waals surface area contributed by atoms with Crippen LogP contribution in [0.2, 0.25) is 5.02 Å². The first kappa shape index (κ1) is 22.2. The number of nitrogens with zero attached hydrogens (tertiary/aromatic N) is 3. The van der Waals surface area contributed by atoms with Crippen molar-refractivity contribution in [3.63, 3.8) is 0 Å². The predicted molar refractivity (Wildman–Crippen MR) is 118 cm³/mol. The van der Waals surface area contributed by atoms with Crippen LogP contribution in [0.5, 0.6) is 11.5 Å². The number of ether oxygens (including phenoxy) is 2. The molecule has 0 saturated carbocycles. The minimum Gasteiger partial charge on any atom is -0.493 e. The van der Waals surface area contributed by atoms with Gasteiger partial charge in [-0.2, -0.15) is 13.5 Å². The Morgan fingerprint density at radius 2 is 1.94 bits per heavy atom. The summed E-state index contributed by atoms with van der Waals surface area (Å²) in [7, 11) is 1.54. The molecule has 0 spiro atoms. The number of thioether (sulfide) groups is 1. The zero-order valence-corrected chi connectivity index (χ0v) is 18.4. The first-order valence-electron chi connectivity index (χ1n) is 9.50. The van der Waals surface area contributed by atoms with E-state index in [4.69, 9.17) is 21.1 Å². The molecule has 0 unspecified atom stereocenters. The van der Waals surface area contributed by atoms with Gasteiger partial charge in [0.1, 0.15) is 12.1 Å². The zero-order valence-electron chi connectivity index (χ0n) is 16.9. The maximum Gasteiger partial charge on any atom is 0.405 e. The van der Waals surface area contributed by atoms with Crippen molar-refractivity contribution in [1.82, 2.24) is 14.7 Å². The molecule has 10 heteroatoms. The molecule has 2 heterocycles. The molecule has 0 amide bonds. The molecule has 6 nitrogen and oxygen atoms in total. The summed E-state index contributed by atoms with van der Waals surface area (Å²) < 4.78 is 38.5. The standard InChI is InChI=1S/C22H18ClF2N3O3S/c1-29-19-9-10-26-17(20(19)30-12-14-5-3-2-4-6-14)13-32-22-27-16-11-15(23)7-8-18(16)28(22)31-21(24)25/h2-11,21H,12-13H2,1H3. The molecule has 0 atom stereocenters. The van der Waals surface area contributed by atoms with Crippen LogP contribution >= 0.6 is 23.4 Å². The van der Waals surface area contributed by atoms with E-state index in [1.807, 2.05) is 30.3 Å². The quantitative estimate of drug-likeness (QED) is 0.292. The lowest BCUT2D eigenvalue weighted by molar-refractivity contribution is -0.135. The number of alkyl halides is 2. The first-order valence-corrected chi connectivity index (χ1v) is 10.9. The molecule has 4 aromatic rings. The molecule has 4 rings (SSSR count). The minimum atomic E-state index is -3.01. The second-order valence-electron chi connectivity index (χ2n) is 6.54. The number of rotatable bonds is 9. The number of benzene rings is 2. The van der Waals surface area contributed by atoms with Crippen molar-refractivity contribution in [2.75, 3.05) is 7.11 Å². The summed E-state index contributed by atoms with van der Waals surface area (Å²) in [6.45, 7) is -2.69. The maximum absolute atomic E-state index is 13.0. The monoisotopic (exact) mass is 477 g/mol. The smallest absolute Gasteiger partial charge is 0.405 e. The molecule has 32 heavy (non-hydrogen) atoms. The van der Waals surface area contributed by atoms with E-state index in [9.17, 15) is 8.78 Å². The number of hydrogen-bond acceptors (Lipinski definition) is 6. The van der Waals surface area contributed by atoms with Crippen LogP contribution < -0.4 is 14.3 Å². The number of imidazole rings is 1. The molecule has 0 radical (unpaired) electrons. The van der Waals surface area contributed by atoms with Crippen LogP contribution in [0.25, 0.3) is 11.0 Å². The van der Waals surface area contributed by atoms with E-state index in [1.54, 1.807) is 37.6 Å². The van der Waals surface area contributed by atoms with Crippen molar-refractivity contribution in [1.29, 1.82) is 0 Å². The average molecular weight is 478 g/mol. The number of hydrogen-bond donors (Lipinski definition) is 0. The molecule has 0 aliphatic carbocycles. The molecule has 0 saturated heterocycles. The van der Waals surface area contributed by atoms with E-state index >= 15 is 0 Å². The van der Waals surface area contributed by atoms with Crippen molar-refractivity contribution in [2.24, 2.45) is 0 Å². The van der Waals surface area contributed by atoms with Gasteiger partial charge < -0.3 is 14.3 Å². The first-order chi connectivity index (χ1) is 15.5. The molecule has 0 fully saturated rings. The van der Waals surface area contributed by atoms with Crippen LogP contribution in [0.1, 0.15) is 11.3 Å². The molecular formula is C22H18ClF2N3O3S. The fourth-order valence-electron chi connectivity index (χ4n) is 3.03. The van der Waals surface area contributed by atoms with Crippen molar-refractivity contribution in [3.05, 3.63) is 77.1 Å². The number of fused-ring (bicyclic) bond motifs is 1. The normalized spacial score (nSPS) is 11.2. The van der Waals surface area contributed by atoms with Crippen molar-refractivity contribution in [2.45, 2.75) is 24.1 Å². The summed E-state index contributed by atoms with van der Waals surface area (Å²) in [4.78, 5) is 13.5. The van der Waals surface area contributed by atoms with E-state index in [-0.39, 0.29) is 10.9 Å². The van der Waals surface area contributed by atoms with Crippen LogP contribution in [0, 0.1) is 0 Å². The van der Waals surface area contributed by atoms with Crippen LogP contribution in [-0.2, 0) is 12.4 Å². The molecule has 2 aromatic carbocycles. The van der Waals surface area contributed by atoms with Crippen LogP contribution in [0.15, 0.2) is 66.0 Å². The Kier molecular flexibility index (Phi) is 6.96. The summed E-state index contributed by atoms with van der Waals surface area (Å²) >= 11 is 7.19. The lowest BCUT2D eigenvalue weighted by atomic mass is 10.2. The summed E-state index contributed by atoms with van der Waals surface area (Å²) in [6, 6.07) is 16.1. The van der Waals surface area contributed by atoms with E-state index in [1.165, 1.54) is 11.8 Å². The fourth-order valence-corrected chi connectivity index (χ4v) is 4.09. The molecule has 0 N–H and O–H groups in total. The van der Waals surface area contributed by atoms with Crippen LogP contribution in [-0.4, -0.2) is 28.4 Å². The van der Waals surface area contributed by atoms with Crippen molar-refractivity contribution < 1.29 is 23.1 Å². The highest BCUT2D eigenvalue weighted by atomic mass is 35.5. The van der Waals surface area contributed by atoms with Crippen LogP contribution in [0.4, 0.5) is 8.78 Å². The highest BCUT2D eigenvalue weighted by Gasteiger charge is 2.19. The van der Waals surface area contributed by atoms with Gasteiger partial charge in [-0.25, -0.2) is 4.98 Å². The minimum absolute atomic E-state index is 0.237. The van der Waals surface area contributed by atoms with E-state index < -0.39 is 6.61 Å². The molecule has 0 bridgehead atoms. The van der Waals surface area contributed by atoms with Gasteiger partial charge in [0.2, 0.25) is 5.16 Å². The van der Waals surface area contributed by atoms with Gasteiger partial charge >= 0.3 is 6.61 Å². The Bertz CT molecular complexity index is 1210. The largest absolute Gasteiger partial charge is 0.493 e. The second kappa shape index (κ2) is 10.1. The lowest BCUT2D eigenvalue weighted by Gasteiger charge is -2.14. The number of pyridine rings is 1. The van der Waals surface area contributed by atoms with Gasteiger partial charge in [0.15, 0.2) is 11.5 Å². The number of aromatic nitrogens is 3. The highest BCUT2D eigenvalue weighted by molar-refractivity contribution is 7.98. The Hall–Kier alpha value is -3.04. The average Bonchev–Trinajstić information content (AvgIpc) is 3.12. The Balaban J connectivity index is 1.60. The second-order valence-corrected chi connectivity index (χ2v) is 7.92. The Labute approximate surface area is 192 Å². The Morgan fingerprint density at radius 1 is 1.12 bits per heavy atom.